The van der Waals surface area contributed by atoms with Crippen LogP contribution in [-0.2, 0) is 17.8 Å². The zero-order chi connectivity index (χ0) is 25.4. The van der Waals surface area contributed by atoms with E-state index in [2.05, 4.69) is 24.5 Å². The van der Waals surface area contributed by atoms with Gasteiger partial charge in [-0.2, -0.15) is 5.26 Å². The molecule has 0 unspecified atom stereocenters. The fourth-order valence-corrected chi connectivity index (χ4v) is 5.34. The van der Waals surface area contributed by atoms with Crippen molar-refractivity contribution >= 4 is 44.5 Å². The molecule has 5 rings (SSSR count). The molecule has 0 atom stereocenters. The molecule has 3 heterocycles. The summed E-state index contributed by atoms with van der Waals surface area (Å²) in [6.45, 7) is 5.56. The monoisotopic (exact) mass is 482 g/mol. The Morgan fingerprint density at radius 2 is 1.64 bits per heavy atom. The lowest BCUT2D eigenvalue weighted by Gasteiger charge is -2.12. The Hall–Kier alpha value is -4.05. The summed E-state index contributed by atoms with van der Waals surface area (Å²) in [7, 11) is 1.37. The number of aryl methyl sites for hydroxylation is 2. The first-order valence-corrected chi connectivity index (χ1v) is 12.7. The molecular formula is C29H30N4O3. The van der Waals surface area contributed by atoms with E-state index in [9.17, 15) is 14.9 Å². The van der Waals surface area contributed by atoms with Crippen LogP contribution < -0.4 is 5.56 Å². The molecule has 2 aromatic carbocycles. The van der Waals surface area contributed by atoms with Crippen LogP contribution in [-0.4, -0.2) is 26.6 Å². The van der Waals surface area contributed by atoms with Gasteiger partial charge in [-0.1, -0.05) is 51.3 Å². The number of methoxy groups -OCH3 is 1. The van der Waals surface area contributed by atoms with Crippen molar-refractivity contribution in [3.63, 3.8) is 0 Å². The average Bonchev–Trinajstić information content (AvgIpc) is 3.41. The van der Waals surface area contributed by atoms with Gasteiger partial charge in [-0.05, 0) is 42.5 Å². The summed E-state index contributed by atoms with van der Waals surface area (Å²) >= 11 is 0. The Labute approximate surface area is 209 Å². The van der Waals surface area contributed by atoms with Crippen LogP contribution in [0.3, 0.4) is 0 Å². The third-order valence-corrected chi connectivity index (χ3v) is 7.06. The molecule has 5 aromatic rings. The second-order valence-electron chi connectivity index (χ2n) is 9.25. The van der Waals surface area contributed by atoms with E-state index in [4.69, 9.17) is 4.74 Å². The lowest BCUT2D eigenvalue weighted by molar-refractivity contribution is 0.0601. The average molecular weight is 483 g/mol. The molecule has 0 amide bonds. The number of hydrogen-bond acceptors (Lipinski definition) is 4. The van der Waals surface area contributed by atoms with Gasteiger partial charge >= 0.3 is 5.97 Å². The van der Waals surface area contributed by atoms with Gasteiger partial charge in [0.2, 0.25) is 0 Å². The number of pyridine rings is 1. The molecule has 0 aliphatic heterocycles. The molecule has 0 fully saturated rings. The zero-order valence-electron chi connectivity index (χ0n) is 21.0. The van der Waals surface area contributed by atoms with E-state index in [0.29, 0.717) is 28.7 Å². The first-order chi connectivity index (χ1) is 17.6. The van der Waals surface area contributed by atoms with Crippen LogP contribution >= 0.6 is 0 Å². The molecule has 0 radical (unpaired) electrons. The minimum absolute atomic E-state index is 0.0586. The van der Waals surface area contributed by atoms with Crippen LogP contribution in [0, 0.1) is 11.3 Å². The number of unbranched alkanes of at least 4 members (excludes halogenated alkanes) is 3. The van der Waals surface area contributed by atoms with Gasteiger partial charge < -0.3 is 9.30 Å². The maximum atomic E-state index is 13.8. The van der Waals surface area contributed by atoms with E-state index >= 15 is 0 Å². The van der Waals surface area contributed by atoms with Crippen molar-refractivity contribution in [3.8, 4) is 6.07 Å². The van der Waals surface area contributed by atoms with Gasteiger partial charge in [-0.3, -0.25) is 13.8 Å². The van der Waals surface area contributed by atoms with Crippen molar-refractivity contribution in [3.05, 3.63) is 63.9 Å². The van der Waals surface area contributed by atoms with Crippen molar-refractivity contribution in [2.24, 2.45) is 0 Å². The standard InChI is InChI=1S/C29H30N4O3/c1-4-6-10-16-32-27-25(20-11-8-9-12-21(20)28(32)34)22(18-30)26-31(15-7-5-2)23-14-13-19(29(35)36-3)17-24(23)33(26)27/h8-9,11-14,17H,4-7,10,15-16H2,1-3H3. The number of fused-ring (bicyclic) bond motifs is 7. The third-order valence-electron chi connectivity index (χ3n) is 7.06. The zero-order valence-corrected chi connectivity index (χ0v) is 21.0. The van der Waals surface area contributed by atoms with E-state index in [1.54, 1.807) is 6.07 Å². The van der Waals surface area contributed by atoms with Crippen molar-refractivity contribution in [1.82, 2.24) is 13.5 Å². The Kier molecular flexibility index (Phi) is 6.27. The summed E-state index contributed by atoms with van der Waals surface area (Å²) < 4.78 is 11.0. The Balaban J connectivity index is 2.04. The van der Waals surface area contributed by atoms with Crippen molar-refractivity contribution in [2.75, 3.05) is 7.11 Å². The maximum absolute atomic E-state index is 13.8. The number of rotatable bonds is 8. The number of nitriles is 1. The summed E-state index contributed by atoms with van der Waals surface area (Å²) in [6.07, 6.45) is 4.84. The molecule has 7 heteroatoms. The van der Waals surface area contributed by atoms with Gasteiger partial charge in [0.05, 0.1) is 23.7 Å². The smallest absolute Gasteiger partial charge is 0.337 e. The fraction of sp³-hybridized carbons (Fsp3) is 0.345. The molecule has 0 saturated heterocycles. The molecule has 0 N–H and O–H groups in total. The lowest BCUT2D eigenvalue weighted by atomic mass is 10.1. The lowest BCUT2D eigenvalue weighted by Crippen LogP contribution is -2.22. The molecule has 0 aliphatic rings. The molecule has 7 nitrogen and oxygen atoms in total. The number of esters is 1. The third kappa shape index (κ3) is 3.48. The predicted molar refractivity (Wildman–Crippen MR) is 143 cm³/mol. The number of carbonyl (C=O) groups excluding carboxylic acids is 1. The number of hydrogen-bond donors (Lipinski definition) is 0. The second kappa shape index (κ2) is 9.54. The molecule has 184 valence electrons. The Bertz CT molecular complexity index is 1730. The second-order valence-corrected chi connectivity index (χ2v) is 9.25. The fourth-order valence-electron chi connectivity index (χ4n) is 5.34. The molecule has 0 aliphatic carbocycles. The molecular weight excluding hydrogens is 452 g/mol. The highest BCUT2D eigenvalue weighted by molar-refractivity contribution is 6.13. The van der Waals surface area contributed by atoms with Gasteiger partial charge in [0.15, 0.2) is 0 Å². The summed E-state index contributed by atoms with van der Waals surface area (Å²) in [5, 5.41) is 12.7. The highest BCUT2D eigenvalue weighted by Crippen LogP contribution is 2.36. The highest BCUT2D eigenvalue weighted by Gasteiger charge is 2.26. The van der Waals surface area contributed by atoms with Crippen molar-refractivity contribution < 1.29 is 9.53 Å². The van der Waals surface area contributed by atoms with Gasteiger partial charge in [-0.25, -0.2) is 4.79 Å². The van der Waals surface area contributed by atoms with Crippen LogP contribution in [0.2, 0.25) is 0 Å². The van der Waals surface area contributed by atoms with Crippen LogP contribution in [0.4, 0.5) is 0 Å². The first kappa shape index (κ1) is 23.7. The molecule has 36 heavy (non-hydrogen) atoms. The number of nitrogens with zero attached hydrogens (tertiary/aromatic N) is 4. The highest BCUT2D eigenvalue weighted by atomic mass is 16.5. The summed E-state index contributed by atoms with van der Waals surface area (Å²) in [4.78, 5) is 26.2. The van der Waals surface area contributed by atoms with Crippen molar-refractivity contribution in [1.29, 1.82) is 5.26 Å². The van der Waals surface area contributed by atoms with Gasteiger partial charge in [0.25, 0.3) is 5.56 Å². The molecule has 0 saturated carbocycles. The normalized spacial score (nSPS) is 11.6. The Morgan fingerprint density at radius 1 is 0.917 bits per heavy atom. The quantitative estimate of drug-likeness (QED) is 0.200. The van der Waals surface area contributed by atoms with Crippen LogP contribution in [0.15, 0.2) is 47.3 Å². The number of ether oxygens (including phenoxy) is 1. The van der Waals surface area contributed by atoms with Gasteiger partial charge in [-0.15, -0.1) is 0 Å². The SMILES string of the molecule is CCCCCn1c(=O)c2ccccc2c2c(C#N)c3n(CCCC)c4ccc(C(=O)OC)cc4n3c21. The van der Waals surface area contributed by atoms with Crippen LogP contribution in [0.1, 0.15) is 61.9 Å². The summed E-state index contributed by atoms with van der Waals surface area (Å²) in [5.74, 6) is -0.422. The predicted octanol–water partition coefficient (Wildman–Crippen LogP) is 6.01. The molecule has 0 bridgehead atoms. The number of aromatic nitrogens is 3. The Morgan fingerprint density at radius 3 is 2.33 bits per heavy atom. The van der Waals surface area contributed by atoms with Crippen LogP contribution in [0.25, 0.3) is 38.5 Å². The van der Waals surface area contributed by atoms with Crippen LogP contribution in [0.5, 0.6) is 0 Å². The maximum Gasteiger partial charge on any atom is 0.337 e. The first-order valence-electron chi connectivity index (χ1n) is 12.7. The van der Waals surface area contributed by atoms with E-state index in [0.717, 1.165) is 66.1 Å². The van der Waals surface area contributed by atoms with E-state index < -0.39 is 5.97 Å². The topological polar surface area (TPSA) is 81.4 Å². The number of benzene rings is 2. The van der Waals surface area contributed by atoms with Gasteiger partial charge in [0.1, 0.15) is 22.9 Å². The molecule has 3 aromatic heterocycles. The van der Waals surface area contributed by atoms with E-state index in [1.807, 2.05) is 45.4 Å². The van der Waals surface area contributed by atoms with Gasteiger partial charge in [0, 0.05) is 23.9 Å². The summed E-state index contributed by atoms with van der Waals surface area (Å²) in [5.41, 5.74) is 4.11. The minimum Gasteiger partial charge on any atom is -0.465 e. The van der Waals surface area contributed by atoms with E-state index in [1.165, 1.54) is 7.11 Å². The van der Waals surface area contributed by atoms with Crippen molar-refractivity contribution in [2.45, 2.75) is 59.0 Å². The largest absolute Gasteiger partial charge is 0.465 e. The number of carbonyl (C=O) groups is 1. The van der Waals surface area contributed by atoms with E-state index in [-0.39, 0.29) is 5.56 Å². The minimum atomic E-state index is -0.422. The molecule has 0 spiro atoms. The number of imidazole rings is 1. The summed E-state index contributed by atoms with van der Waals surface area (Å²) in [6, 6.07) is 15.5.